The largest absolute Gasteiger partial charge is 0.465 e. The van der Waals surface area contributed by atoms with Crippen LogP contribution >= 0.6 is 27.3 Å². The fourth-order valence-electron chi connectivity index (χ4n) is 1.83. The standard InChI is InChI=1S/C15H14BrNO3S/c1-17(9-12-7-8-13(16)21-12)14(18)10-3-5-11(6-4-10)15(19)20-2/h3-8H,9H2,1-2H3. The van der Waals surface area contributed by atoms with E-state index >= 15 is 0 Å². The first-order chi connectivity index (χ1) is 10.0. The van der Waals surface area contributed by atoms with Crippen molar-refractivity contribution in [2.24, 2.45) is 0 Å². The van der Waals surface area contributed by atoms with Crippen LogP contribution in [0, 0.1) is 0 Å². The van der Waals surface area contributed by atoms with Crippen molar-refractivity contribution in [2.75, 3.05) is 14.2 Å². The van der Waals surface area contributed by atoms with Crippen LogP contribution in [-0.4, -0.2) is 30.9 Å². The van der Waals surface area contributed by atoms with Gasteiger partial charge in [-0.25, -0.2) is 4.79 Å². The number of hydrogen-bond donors (Lipinski definition) is 0. The van der Waals surface area contributed by atoms with Crippen LogP contribution in [0.4, 0.5) is 0 Å². The molecule has 0 spiro atoms. The molecule has 1 amide bonds. The number of nitrogens with zero attached hydrogens (tertiary/aromatic N) is 1. The van der Waals surface area contributed by atoms with Crippen LogP contribution < -0.4 is 0 Å². The van der Waals surface area contributed by atoms with Gasteiger partial charge in [-0.1, -0.05) is 0 Å². The Morgan fingerprint density at radius 1 is 1.14 bits per heavy atom. The van der Waals surface area contributed by atoms with E-state index in [1.54, 1.807) is 47.5 Å². The van der Waals surface area contributed by atoms with E-state index in [4.69, 9.17) is 0 Å². The van der Waals surface area contributed by atoms with Crippen molar-refractivity contribution in [3.63, 3.8) is 0 Å². The minimum atomic E-state index is -0.411. The van der Waals surface area contributed by atoms with Gasteiger partial charge in [0, 0.05) is 17.5 Å². The molecular formula is C15H14BrNO3S. The number of amides is 1. The van der Waals surface area contributed by atoms with E-state index in [0.29, 0.717) is 17.7 Å². The predicted molar refractivity (Wildman–Crippen MR) is 85.6 cm³/mol. The highest BCUT2D eigenvalue weighted by atomic mass is 79.9. The minimum Gasteiger partial charge on any atom is -0.465 e. The van der Waals surface area contributed by atoms with Gasteiger partial charge in [0.1, 0.15) is 0 Å². The molecule has 0 bridgehead atoms. The van der Waals surface area contributed by atoms with E-state index in [1.165, 1.54) is 7.11 Å². The number of ether oxygens (including phenoxy) is 1. The highest BCUT2D eigenvalue weighted by Crippen LogP contribution is 2.23. The lowest BCUT2D eigenvalue weighted by atomic mass is 10.1. The molecule has 110 valence electrons. The molecule has 1 aromatic heterocycles. The SMILES string of the molecule is COC(=O)c1ccc(C(=O)N(C)Cc2ccc(Br)s2)cc1. The molecule has 0 fully saturated rings. The summed E-state index contributed by atoms with van der Waals surface area (Å²) in [4.78, 5) is 26.4. The Bertz CT molecular complexity index is 651. The molecule has 0 saturated carbocycles. The van der Waals surface area contributed by atoms with Crippen molar-refractivity contribution in [2.45, 2.75) is 6.54 Å². The molecule has 0 saturated heterocycles. The monoisotopic (exact) mass is 367 g/mol. The summed E-state index contributed by atoms with van der Waals surface area (Å²) in [5.74, 6) is -0.498. The van der Waals surface area contributed by atoms with Gasteiger partial charge in [0.05, 0.1) is 23.0 Å². The van der Waals surface area contributed by atoms with Gasteiger partial charge < -0.3 is 9.64 Å². The molecule has 0 N–H and O–H groups in total. The van der Waals surface area contributed by atoms with Crippen molar-refractivity contribution in [1.82, 2.24) is 4.90 Å². The molecule has 21 heavy (non-hydrogen) atoms. The molecule has 0 atom stereocenters. The first-order valence-electron chi connectivity index (χ1n) is 6.19. The summed E-state index contributed by atoms with van der Waals surface area (Å²) in [5, 5.41) is 0. The van der Waals surface area contributed by atoms with E-state index in [1.807, 2.05) is 12.1 Å². The molecule has 1 aromatic carbocycles. The number of carbonyl (C=O) groups is 2. The number of hydrogen-bond acceptors (Lipinski definition) is 4. The molecule has 4 nitrogen and oxygen atoms in total. The molecular weight excluding hydrogens is 354 g/mol. The van der Waals surface area contributed by atoms with Gasteiger partial charge >= 0.3 is 5.97 Å². The maximum Gasteiger partial charge on any atom is 0.337 e. The minimum absolute atomic E-state index is 0.0871. The Balaban J connectivity index is 2.06. The number of carbonyl (C=O) groups excluding carboxylic acids is 2. The average Bonchev–Trinajstić information content (AvgIpc) is 2.90. The molecule has 6 heteroatoms. The summed E-state index contributed by atoms with van der Waals surface area (Å²) in [5.41, 5.74) is 0.972. The van der Waals surface area contributed by atoms with Crippen molar-refractivity contribution in [1.29, 1.82) is 0 Å². The highest BCUT2D eigenvalue weighted by molar-refractivity contribution is 9.11. The number of esters is 1. The van der Waals surface area contributed by atoms with Gasteiger partial charge in [0.25, 0.3) is 5.91 Å². The summed E-state index contributed by atoms with van der Waals surface area (Å²) in [7, 11) is 3.08. The van der Waals surface area contributed by atoms with Gasteiger partial charge in [-0.15, -0.1) is 11.3 Å². The van der Waals surface area contributed by atoms with Crippen molar-refractivity contribution < 1.29 is 14.3 Å². The fourth-order valence-corrected chi connectivity index (χ4v) is 3.37. The van der Waals surface area contributed by atoms with E-state index in [0.717, 1.165) is 8.66 Å². The Labute approximate surface area is 135 Å². The zero-order chi connectivity index (χ0) is 15.4. The Kier molecular flexibility index (Phi) is 5.14. The third kappa shape index (κ3) is 3.92. The van der Waals surface area contributed by atoms with Gasteiger partial charge in [0.2, 0.25) is 0 Å². The molecule has 0 unspecified atom stereocenters. The summed E-state index contributed by atoms with van der Waals surface area (Å²) in [6.45, 7) is 0.549. The number of methoxy groups -OCH3 is 1. The molecule has 2 rings (SSSR count). The summed E-state index contributed by atoms with van der Waals surface area (Å²) < 4.78 is 5.67. The lowest BCUT2D eigenvalue weighted by molar-refractivity contribution is 0.0600. The Hall–Kier alpha value is -1.66. The number of rotatable bonds is 4. The summed E-state index contributed by atoms with van der Waals surface area (Å²) >= 11 is 5.00. The normalized spacial score (nSPS) is 10.2. The van der Waals surface area contributed by atoms with Crippen LogP contribution in [0.25, 0.3) is 0 Å². The molecule has 0 aliphatic heterocycles. The van der Waals surface area contributed by atoms with Crippen molar-refractivity contribution >= 4 is 39.1 Å². The second-order valence-corrected chi connectivity index (χ2v) is 6.98. The maximum absolute atomic E-state index is 12.3. The van der Waals surface area contributed by atoms with Crippen LogP contribution in [0.1, 0.15) is 25.6 Å². The van der Waals surface area contributed by atoms with Crippen molar-refractivity contribution in [3.05, 3.63) is 56.2 Å². The van der Waals surface area contributed by atoms with Gasteiger partial charge in [-0.3, -0.25) is 4.79 Å². The molecule has 1 heterocycles. The van der Waals surface area contributed by atoms with Gasteiger partial charge in [0.15, 0.2) is 0 Å². The predicted octanol–water partition coefficient (Wildman–Crippen LogP) is 3.57. The third-order valence-electron chi connectivity index (χ3n) is 2.92. The van der Waals surface area contributed by atoms with E-state index in [-0.39, 0.29) is 5.91 Å². The van der Waals surface area contributed by atoms with E-state index in [9.17, 15) is 9.59 Å². The average molecular weight is 368 g/mol. The van der Waals surface area contributed by atoms with E-state index in [2.05, 4.69) is 20.7 Å². The van der Waals surface area contributed by atoms with Crippen LogP contribution in [0.2, 0.25) is 0 Å². The lowest BCUT2D eigenvalue weighted by Gasteiger charge is -2.16. The van der Waals surface area contributed by atoms with Crippen LogP contribution in [0.15, 0.2) is 40.2 Å². The second kappa shape index (κ2) is 6.87. The third-order valence-corrected chi connectivity index (χ3v) is 4.53. The summed E-state index contributed by atoms with van der Waals surface area (Å²) in [6, 6.07) is 10.4. The highest BCUT2D eigenvalue weighted by Gasteiger charge is 2.14. The number of halogens is 1. The molecule has 0 radical (unpaired) electrons. The topological polar surface area (TPSA) is 46.6 Å². The fraction of sp³-hybridized carbons (Fsp3) is 0.200. The van der Waals surface area contributed by atoms with E-state index < -0.39 is 5.97 Å². The Morgan fingerprint density at radius 3 is 2.29 bits per heavy atom. The van der Waals surface area contributed by atoms with Gasteiger partial charge in [-0.05, 0) is 52.3 Å². The Morgan fingerprint density at radius 2 is 1.76 bits per heavy atom. The molecule has 0 aliphatic carbocycles. The quantitative estimate of drug-likeness (QED) is 0.776. The van der Waals surface area contributed by atoms with Crippen LogP contribution in [0.5, 0.6) is 0 Å². The number of benzene rings is 1. The zero-order valence-electron chi connectivity index (χ0n) is 11.6. The molecule has 2 aromatic rings. The lowest BCUT2D eigenvalue weighted by Crippen LogP contribution is -2.25. The second-order valence-electron chi connectivity index (χ2n) is 4.44. The number of thiophene rings is 1. The van der Waals surface area contributed by atoms with Gasteiger partial charge in [-0.2, -0.15) is 0 Å². The van der Waals surface area contributed by atoms with Crippen molar-refractivity contribution in [3.8, 4) is 0 Å². The maximum atomic E-state index is 12.3. The zero-order valence-corrected chi connectivity index (χ0v) is 14.0. The van der Waals surface area contributed by atoms with Crippen LogP contribution in [0.3, 0.4) is 0 Å². The van der Waals surface area contributed by atoms with Crippen LogP contribution in [-0.2, 0) is 11.3 Å². The molecule has 0 aliphatic rings. The smallest absolute Gasteiger partial charge is 0.337 e. The summed E-state index contributed by atoms with van der Waals surface area (Å²) in [6.07, 6.45) is 0. The first-order valence-corrected chi connectivity index (χ1v) is 7.80. The first kappa shape index (κ1) is 15.7.